The summed E-state index contributed by atoms with van der Waals surface area (Å²) in [6.07, 6.45) is 1.83. The van der Waals surface area contributed by atoms with Crippen LogP contribution in [0.1, 0.15) is 41.3 Å². The number of halogens is 1. The van der Waals surface area contributed by atoms with Crippen LogP contribution in [-0.2, 0) is 10.0 Å². The van der Waals surface area contributed by atoms with Gasteiger partial charge in [0.05, 0.1) is 10.6 Å². The summed E-state index contributed by atoms with van der Waals surface area (Å²) in [5.74, 6) is -0.996. The standard InChI is InChI=1S/C23H30FN3O3S/c1-15-7-5-6-8-19(15)23(28)25-21-13-16(2)22(14-20(21)24)31(29,30)26-17(3)18-9-11-27(4)12-10-18/h5-8,13-14,17-18,26H,9-12H2,1-4H3,(H,25,28). The average molecular weight is 448 g/mol. The molecule has 0 saturated carbocycles. The molecule has 1 saturated heterocycles. The third kappa shape index (κ3) is 5.50. The molecule has 1 aliphatic heterocycles. The topological polar surface area (TPSA) is 78.5 Å². The van der Waals surface area contributed by atoms with Crippen molar-refractivity contribution in [3.05, 3.63) is 58.9 Å². The molecule has 0 aliphatic carbocycles. The van der Waals surface area contributed by atoms with E-state index in [-0.39, 0.29) is 22.5 Å². The van der Waals surface area contributed by atoms with Gasteiger partial charge in [0.25, 0.3) is 5.91 Å². The molecular weight excluding hydrogens is 417 g/mol. The van der Waals surface area contributed by atoms with Crippen molar-refractivity contribution in [2.75, 3.05) is 25.5 Å². The number of hydrogen-bond acceptors (Lipinski definition) is 4. The molecule has 3 rings (SSSR count). The Morgan fingerprint density at radius 3 is 2.42 bits per heavy atom. The third-order valence-corrected chi connectivity index (χ3v) is 7.70. The van der Waals surface area contributed by atoms with Crippen LogP contribution in [0, 0.1) is 25.6 Å². The van der Waals surface area contributed by atoms with Crippen LogP contribution in [0.3, 0.4) is 0 Å². The number of rotatable bonds is 6. The summed E-state index contributed by atoms with van der Waals surface area (Å²) >= 11 is 0. The Balaban J connectivity index is 1.77. The molecule has 2 N–H and O–H groups in total. The molecule has 0 aromatic heterocycles. The van der Waals surface area contributed by atoms with E-state index in [4.69, 9.17) is 0 Å². The van der Waals surface area contributed by atoms with Crippen LogP contribution in [0.5, 0.6) is 0 Å². The van der Waals surface area contributed by atoms with Gasteiger partial charge in [0.2, 0.25) is 10.0 Å². The molecular formula is C23H30FN3O3S. The Labute approximate surface area is 183 Å². The molecule has 0 spiro atoms. The molecule has 8 heteroatoms. The minimum atomic E-state index is -3.90. The maximum Gasteiger partial charge on any atom is 0.256 e. The highest BCUT2D eigenvalue weighted by Crippen LogP contribution is 2.26. The molecule has 1 amide bonds. The summed E-state index contributed by atoms with van der Waals surface area (Å²) in [5, 5.41) is 2.55. The smallest absolute Gasteiger partial charge is 0.256 e. The predicted octanol–water partition coefficient (Wildman–Crippen LogP) is 3.70. The summed E-state index contributed by atoms with van der Waals surface area (Å²) in [7, 11) is -1.84. The Morgan fingerprint density at radius 1 is 1.13 bits per heavy atom. The number of nitrogens with zero attached hydrogens (tertiary/aromatic N) is 1. The summed E-state index contributed by atoms with van der Waals surface area (Å²) in [6, 6.07) is 9.09. The van der Waals surface area contributed by atoms with E-state index in [9.17, 15) is 17.6 Å². The zero-order chi connectivity index (χ0) is 22.8. The Morgan fingerprint density at radius 2 is 1.77 bits per heavy atom. The monoisotopic (exact) mass is 447 g/mol. The van der Waals surface area contributed by atoms with Crippen molar-refractivity contribution in [1.82, 2.24) is 9.62 Å². The summed E-state index contributed by atoms with van der Waals surface area (Å²) in [5.41, 5.74) is 1.52. The quantitative estimate of drug-likeness (QED) is 0.708. The van der Waals surface area contributed by atoms with Crippen molar-refractivity contribution >= 4 is 21.6 Å². The van der Waals surface area contributed by atoms with Crippen molar-refractivity contribution in [2.45, 2.75) is 44.6 Å². The SMILES string of the molecule is Cc1ccccc1C(=O)Nc1cc(C)c(S(=O)(=O)NC(C)C2CCN(C)CC2)cc1F. The number of aryl methyl sites for hydroxylation is 2. The van der Waals surface area contributed by atoms with Gasteiger partial charge in [-0.05, 0) is 89.0 Å². The zero-order valence-electron chi connectivity index (χ0n) is 18.4. The molecule has 1 atom stereocenters. The summed E-state index contributed by atoms with van der Waals surface area (Å²) in [6.45, 7) is 7.11. The van der Waals surface area contributed by atoms with Crippen LogP contribution in [0.15, 0.2) is 41.3 Å². The maximum atomic E-state index is 14.8. The molecule has 1 unspecified atom stereocenters. The molecule has 1 aliphatic rings. The van der Waals surface area contributed by atoms with E-state index < -0.39 is 21.7 Å². The number of carbonyl (C=O) groups excluding carboxylic acids is 1. The molecule has 2 aromatic rings. The second-order valence-corrected chi connectivity index (χ2v) is 10.1. The number of carbonyl (C=O) groups is 1. The van der Waals surface area contributed by atoms with E-state index >= 15 is 0 Å². The van der Waals surface area contributed by atoms with Gasteiger partial charge in [-0.2, -0.15) is 0 Å². The number of benzene rings is 2. The largest absolute Gasteiger partial charge is 0.319 e. The van der Waals surface area contributed by atoms with E-state index in [2.05, 4.69) is 22.0 Å². The zero-order valence-corrected chi connectivity index (χ0v) is 19.2. The summed E-state index contributed by atoms with van der Waals surface area (Å²) in [4.78, 5) is 14.6. The van der Waals surface area contributed by atoms with Crippen molar-refractivity contribution < 1.29 is 17.6 Å². The Kier molecular flexibility index (Phi) is 7.13. The van der Waals surface area contributed by atoms with Crippen LogP contribution in [0.2, 0.25) is 0 Å². The van der Waals surface area contributed by atoms with Crippen molar-refractivity contribution in [3.63, 3.8) is 0 Å². The average Bonchev–Trinajstić information content (AvgIpc) is 2.70. The molecule has 1 fully saturated rings. The molecule has 0 radical (unpaired) electrons. The first kappa shape index (κ1) is 23.4. The van der Waals surface area contributed by atoms with Gasteiger partial charge in [-0.15, -0.1) is 0 Å². The predicted molar refractivity (Wildman–Crippen MR) is 120 cm³/mol. The second-order valence-electron chi connectivity index (χ2n) is 8.42. The lowest BCUT2D eigenvalue weighted by Crippen LogP contribution is -2.43. The van der Waals surface area contributed by atoms with Gasteiger partial charge in [-0.1, -0.05) is 18.2 Å². The summed E-state index contributed by atoms with van der Waals surface area (Å²) < 4.78 is 43.4. The minimum absolute atomic E-state index is 0.0481. The fraction of sp³-hybridized carbons (Fsp3) is 0.435. The van der Waals surface area contributed by atoms with Crippen LogP contribution in [0.25, 0.3) is 0 Å². The van der Waals surface area contributed by atoms with E-state index in [0.717, 1.165) is 37.6 Å². The number of amides is 1. The van der Waals surface area contributed by atoms with E-state index in [1.807, 2.05) is 13.0 Å². The van der Waals surface area contributed by atoms with Gasteiger partial charge < -0.3 is 10.2 Å². The molecule has 0 bridgehead atoms. The molecule has 6 nitrogen and oxygen atoms in total. The van der Waals surface area contributed by atoms with Crippen LogP contribution in [-0.4, -0.2) is 45.4 Å². The first-order chi connectivity index (χ1) is 14.6. The molecule has 2 aromatic carbocycles. The van der Waals surface area contributed by atoms with Crippen molar-refractivity contribution in [3.8, 4) is 0 Å². The lowest BCUT2D eigenvalue weighted by atomic mass is 9.91. The van der Waals surface area contributed by atoms with Crippen LogP contribution >= 0.6 is 0 Å². The van der Waals surface area contributed by atoms with Gasteiger partial charge >= 0.3 is 0 Å². The highest BCUT2D eigenvalue weighted by Gasteiger charge is 2.28. The molecule has 168 valence electrons. The number of nitrogens with one attached hydrogen (secondary N) is 2. The van der Waals surface area contributed by atoms with Crippen molar-refractivity contribution in [2.24, 2.45) is 5.92 Å². The normalized spacial score (nSPS) is 16.8. The van der Waals surface area contributed by atoms with Gasteiger partial charge in [0.1, 0.15) is 5.82 Å². The van der Waals surface area contributed by atoms with Crippen molar-refractivity contribution in [1.29, 1.82) is 0 Å². The fourth-order valence-electron chi connectivity index (χ4n) is 4.00. The van der Waals surface area contributed by atoms with E-state index in [1.54, 1.807) is 32.0 Å². The molecule has 1 heterocycles. The minimum Gasteiger partial charge on any atom is -0.319 e. The van der Waals surface area contributed by atoms with Crippen LogP contribution in [0.4, 0.5) is 10.1 Å². The first-order valence-electron chi connectivity index (χ1n) is 10.5. The highest BCUT2D eigenvalue weighted by molar-refractivity contribution is 7.89. The van der Waals surface area contributed by atoms with Gasteiger partial charge in [0.15, 0.2) is 0 Å². The van der Waals surface area contributed by atoms with Gasteiger partial charge in [0, 0.05) is 11.6 Å². The lowest BCUT2D eigenvalue weighted by molar-refractivity contribution is 0.102. The molecule has 31 heavy (non-hydrogen) atoms. The third-order valence-electron chi connectivity index (χ3n) is 6.00. The number of anilines is 1. The Bertz CT molecular complexity index is 1060. The Hall–Kier alpha value is -2.29. The highest BCUT2D eigenvalue weighted by atomic mass is 32.2. The van der Waals surface area contributed by atoms with Gasteiger partial charge in [-0.3, -0.25) is 4.79 Å². The van der Waals surface area contributed by atoms with Crippen LogP contribution < -0.4 is 10.0 Å². The number of likely N-dealkylation sites (tertiary alicyclic amines) is 1. The van der Waals surface area contributed by atoms with Gasteiger partial charge in [-0.25, -0.2) is 17.5 Å². The number of piperidine rings is 1. The van der Waals surface area contributed by atoms with E-state index in [0.29, 0.717) is 11.1 Å². The number of sulfonamides is 1. The second kappa shape index (κ2) is 9.46. The lowest BCUT2D eigenvalue weighted by Gasteiger charge is -2.33. The first-order valence-corrected chi connectivity index (χ1v) is 11.9. The van der Waals surface area contributed by atoms with E-state index in [1.165, 1.54) is 6.07 Å². The fourth-order valence-corrected chi connectivity index (χ4v) is 5.55. The maximum absolute atomic E-state index is 14.8. The number of hydrogen-bond donors (Lipinski definition) is 2.